The maximum Gasteiger partial charge on any atom is 0.145 e. The second-order valence-electron chi connectivity index (χ2n) is 3.53. The van der Waals surface area contributed by atoms with Crippen LogP contribution in [0.25, 0.3) is 0 Å². The Hall–Kier alpha value is -1.40. The molecule has 1 aliphatic heterocycles. The van der Waals surface area contributed by atoms with E-state index in [-0.39, 0.29) is 0 Å². The zero-order valence-electron chi connectivity index (χ0n) is 9.44. The molecule has 0 aromatic carbocycles. The minimum absolute atomic E-state index is 0.762. The Kier molecular flexibility index (Phi) is 3.90. The molecule has 1 aliphatic rings. The van der Waals surface area contributed by atoms with Gasteiger partial charge in [0.05, 0.1) is 13.2 Å². The Bertz CT molecular complexity index is 327. The van der Waals surface area contributed by atoms with Crippen LogP contribution in [0.3, 0.4) is 0 Å². The number of hydrazine groups is 1. The average Bonchev–Trinajstić information content (AvgIpc) is 2.31. The van der Waals surface area contributed by atoms with Crippen LogP contribution in [0.2, 0.25) is 0 Å². The van der Waals surface area contributed by atoms with Crippen LogP contribution in [-0.2, 0) is 4.74 Å². The van der Waals surface area contributed by atoms with E-state index in [4.69, 9.17) is 4.74 Å². The van der Waals surface area contributed by atoms with E-state index in [0.717, 1.165) is 44.5 Å². The molecule has 2 N–H and O–H groups in total. The molecule has 0 atom stereocenters. The number of morpholine rings is 1. The van der Waals surface area contributed by atoms with E-state index in [1.165, 1.54) is 0 Å². The van der Waals surface area contributed by atoms with E-state index < -0.39 is 0 Å². The number of nitrogens with zero attached hydrogens (tertiary/aromatic N) is 3. The zero-order chi connectivity index (χ0) is 11.2. The molecule has 0 bridgehead atoms. The fourth-order valence-electron chi connectivity index (χ4n) is 1.53. The second kappa shape index (κ2) is 5.62. The van der Waals surface area contributed by atoms with Gasteiger partial charge in [-0.25, -0.2) is 15.0 Å². The van der Waals surface area contributed by atoms with Crippen molar-refractivity contribution in [1.29, 1.82) is 0 Å². The van der Waals surface area contributed by atoms with Gasteiger partial charge in [0, 0.05) is 25.7 Å². The fourth-order valence-corrected chi connectivity index (χ4v) is 1.53. The number of hydrogen-bond donors (Lipinski definition) is 2. The third-order valence-electron chi connectivity index (χ3n) is 2.31. The maximum absolute atomic E-state index is 5.27. The van der Waals surface area contributed by atoms with Crippen molar-refractivity contribution >= 4 is 11.6 Å². The number of rotatable bonds is 4. The van der Waals surface area contributed by atoms with E-state index >= 15 is 0 Å². The number of nitrogens with one attached hydrogen (secondary N) is 2. The first kappa shape index (κ1) is 11.1. The summed E-state index contributed by atoms with van der Waals surface area (Å²) in [5.41, 5.74) is 3.24. The lowest BCUT2D eigenvalue weighted by Gasteiger charge is -2.27. The Morgan fingerprint density at radius 2 is 2.06 bits per heavy atom. The molecule has 16 heavy (non-hydrogen) atoms. The van der Waals surface area contributed by atoms with E-state index in [1.54, 1.807) is 6.33 Å². The molecule has 1 aromatic heterocycles. The van der Waals surface area contributed by atoms with Crippen molar-refractivity contribution in [3.05, 3.63) is 12.4 Å². The number of hydrogen-bond acceptors (Lipinski definition) is 6. The predicted octanol–water partition coefficient (Wildman–Crippen LogP) is 0.567. The Balaban J connectivity index is 1.94. The minimum Gasteiger partial charge on any atom is -0.379 e. The molecule has 2 rings (SSSR count). The van der Waals surface area contributed by atoms with Crippen LogP contribution in [0.5, 0.6) is 0 Å². The van der Waals surface area contributed by atoms with Gasteiger partial charge in [0.1, 0.15) is 18.0 Å². The molecule has 1 saturated heterocycles. The minimum atomic E-state index is 0.762. The SMILES string of the molecule is CCNc1cc(NN2CCOCC2)ncn1. The highest BCUT2D eigenvalue weighted by molar-refractivity contribution is 5.45. The highest BCUT2D eigenvalue weighted by atomic mass is 16.5. The summed E-state index contributed by atoms with van der Waals surface area (Å²) < 4.78 is 5.27. The molecular weight excluding hydrogens is 206 g/mol. The van der Waals surface area contributed by atoms with Gasteiger partial charge in [-0.05, 0) is 6.92 Å². The monoisotopic (exact) mass is 223 g/mol. The van der Waals surface area contributed by atoms with Crippen molar-refractivity contribution < 1.29 is 4.74 Å². The van der Waals surface area contributed by atoms with E-state index in [1.807, 2.05) is 13.0 Å². The van der Waals surface area contributed by atoms with E-state index in [2.05, 4.69) is 25.7 Å². The first-order valence-electron chi connectivity index (χ1n) is 5.54. The second-order valence-corrected chi connectivity index (χ2v) is 3.53. The summed E-state index contributed by atoms with van der Waals surface area (Å²) in [6.45, 7) is 6.17. The smallest absolute Gasteiger partial charge is 0.145 e. The fraction of sp³-hybridized carbons (Fsp3) is 0.600. The molecule has 1 aromatic rings. The lowest BCUT2D eigenvalue weighted by Crippen LogP contribution is -2.40. The number of anilines is 2. The summed E-state index contributed by atoms with van der Waals surface area (Å²) in [6, 6.07) is 1.90. The molecule has 0 unspecified atom stereocenters. The standard InChI is InChI=1S/C10H17N5O/c1-2-11-9-7-10(13-8-12-9)14-15-3-5-16-6-4-15/h7-8H,2-6H2,1H3,(H2,11,12,13,14). The molecule has 1 fully saturated rings. The lowest BCUT2D eigenvalue weighted by atomic mass is 10.5. The summed E-state index contributed by atoms with van der Waals surface area (Å²) in [6.07, 6.45) is 1.56. The molecule has 0 spiro atoms. The highest BCUT2D eigenvalue weighted by Crippen LogP contribution is 2.09. The number of aromatic nitrogens is 2. The zero-order valence-corrected chi connectivity index (χ0v) is 9.44. The van der Waals surface area contributed by atoms with Crippen molar-refractivity contribution in [3.63, 3.8) is 0 Å². The van der Waals surface area contributed by atoms with Crippen molar-refractivity contribution in [2.45, 2.75) is 6.92 Å². The van der Waals surface area contributed by atoms with Gasteiger partial charge in [0.2, 0.25) is 0 Å². The van der Waals surface area contributed by atoms with Crippen LogP contribution in [0.4, 0.5) is 11.6 Å². The van der Waals surface area contributed by atoms with Crippen LogP contribution in [0, 0.1) is 0 Å². The van der Waals surface area contributed by atoms with Crippen molar-refractivity contribution in [2.24, 2.45) is 0 Å². The summed E-state index contributed by atoms with van der Waals surface area (Å²) >= 11 is 0. The first-order valence-corrected chi connectivity index (χ1v) is 5.54. The lowest BCUT2D eigenvalue weighted by molar-refractivity contribution is 0.0495. The quantitative estimate of drug-likeness (QED) is 0.778. The van der Waals surface area contributed by atoms with Gasteiger partial charge in [-0.2, -0.15) is 0 Å². The van der Waals surface area contributed by atoms with Gasteiger partial charge >= 0.3 is 0 Å². The predicted molar refractivity (Wildman–Crippen MR) is 62.2 cm³/mol. The van der Waals surface area contributed by atoms with Crippen LogP contribution >= 0.6 is 0 Å². The topological polar surface area (TPSA) is 62.3 Å². The molecule has 0 radical (unpaired) electrons. The van der Waals surface area contributed by atoms with Gasteiger partial charge in [0.15, 0.2) is 0 Å². The Morgan fingerprint density at radius 3 is 2.81 bits per heavy atom. The molecule has 6 heteroatoms. The molecule has 0 amide bonds. The van der Waals surface area contributed by atoms with E-state index in [0.29, 0.717) is 0 Å². The largest absolute Gasteiger partial charge is 0.379 e. The van der Waals surface area contributed by atoms with E-state index in [9.17, 15) is 0 Å². The summed E-state index contributed by atoms with van der Waals surface area (Å²) in [7, 11) is 0. The van der Waals surface area contributed by atoms with Gasteiger partial charge < -0.3 is 15.5 Å². The summed E-state index contributed by atoms with van der Waals surface area (Å²) in [5, 5.41) is 5.25. The average molecular weight is 223 g/mol. The van der Waals surface area contributed by atoms with Crippen LogP contribution < -0.4 is 10.7 Å². The first-order chi connectivity index (χ1) is 7.88. The van der Waals surface area contributed by atoms with Crippen molar-refractivity contribution in [3.8, 4) is 0 Å². The van der Waals surface area contributed by atoms with Crippen molar-refractivity contribution in [1.82, 2.24) is 15.0 Å². The third kappa shape index (κ3) is 3.04. The van der Waals surface area contributed by atoms with Crippen LogP contribution in [0.1, 0.15) is 6.92 Å². The molecule has 0 aliphatic carbocycles. The van der Waals surface area contributed by atoms with Gasteiger partial charge in [0.25, 0.3) is 0 Å². The van der Waals surface area contributed by atoms with Gasteiger partial charge in [-0.3, -0.25) is 0 Å². The van der Waals surface area contributed by atoms with Crippen LogP contribution in [-0.4, -0.2) is 47.8 Å². The molecule has 88 valence electrons. The van der Waals surface area contributed by atoms with Crippen LogP contribution in [0.15, 0.2) is 12.4 Å². The summed E-state index contributed by atoms with van der Waals surface area (Å²) in [5.74, 6) is 1.65. The Labute approximate surface area is 95.0 Å². The molecule has 0 saturated carbocycles. The highest BCUT2D eigenvalue weighted by Gasteiger charge is 2.10. The Morgan fingerprint density at radius 1 is 1.31 bits per heavy atom. The van der Waals surface area contributed by atoms with Crippen molar-refractivity contribution in [2.75, 3.05) is 43.6 Å². The normalized spacial score (nSPS) is 17.1. The molecule has 2 heterocycles. The maximum atomic E-state index is 5.27. The van der Waals surface area contributed by atoms with Gasteiger partial charge in [-0.15, -0.1) is 0 Å². The number of ether oxygens (including phenoxy) is 1. The summed E-state index contributed by atoms with van der Waals surface area (Å²) in [4.78, 5) is 8.29. The van der Waals surface area contributed by atoms with Gasteiger partial charge in [-0.1, -0.05) is 0 Å². The third-order valence-corrected chi connectivity index (χ3v) is 2.31. The molecular formula is C10H17N5O. The molecule has 6 nitrogen and oxygen atoms in total.